The first kappa shape index (κ1) is 19.1. The van der Waals surface area contributed by atoms with Crippen LogP contribution in [-0.4, -0.2) is 34.4 Å². The summed E-state index contributed by atoms with van der Waals surface area (Å²) in [6.45, 7) is 12.9. The van der Waals surface area contributed by atoms with E-state index >= 15 is 0 Å². The van der Waals surface area contributed by atoms with Crippen LogP contribution in [0.1, 0.15) is 58.8 Å². The minimum absolute atomic E-state index is 0.206. The van der Waals surface area contributed by atoms with E-state index in [1.165, 1.54) is 0 Å². The van der Waals surface area contributed by atoms with Gasteiger partial charge in [-0.2, -0.15) is 5.10 Å². The second-order valence-corrected chi connectivity index (χ2v) is 8.56. The predicted octanol–water partition coefficient (Wildman–Crippen LogP) is 2.13. The van der Waals surface area contributed by atoms with Crippen LogP contribution in [-0.2, 0) is 16.6 Å². The Morgan fingerprint density at radius 3 is 2.09 bits per heavy atom. The molecule has 1 aromatic heterocycles. The van der Waals surface area contributed by atoms with Crippen molar-refractivity contribution in [2.24, 2.45) is 0 Å². The lowest BCUT2D eigenvalue weighted by atomic mass is 9.98. The highest BCUT2D eigenvalue weighted by molar-refractivity contribution is 7.89. The van der Waals surface area contributed by atoms with Crippen LogP contribution >= 0.6 is 0 Å². The molecule has 22 heavy (non-hydrogen) atoms. The fourth-order valence-corrected chi connectivity index (χ4v) is 4.26. The number of sulfonamides is 1. The van der Waals surface area contributed by atoms with Gasteiger partial charge < -0.3 is 5.11 Å². The molecule has 0 unspecified atom stereocenters. The summed E-state index contributed by atoms with van der Waals surface area (Å²) in [5.74, 6) is 0. The molecule has 1 heterocycles. The Morgan fingerprint density at radius 1 is 1.18 bits per heavy atom. The number of nitrogens with zero attached hydrogens (tertiary/aromatic N) is 2. The molecule has 0 amide bonds. The van der Waals surface area contributed by atoms with Gasteiger partial charge in [0.1, 0.15) is 4.90 Å². The molecule has 0 saturated carbocycles. The molecule has 0 aliphatic heterocycles. The molecule has 1 rings (SSSR count). The highest BCUT2D eigenvalue weighted by atomic mass is 32.2. The summed E-state index contributed by atoms with van der Waals surface area (Å²) in [4.78, 5) is 0.206. The summed E-state index contributed by atoms with van der Waals surface area (Å²) in [6, 6.07) is 0. The number of rotatable bonds is 6. The van der Waals surface area contributed by atoms with Gasteiger partial charge in [-0.05, 0) is 47.5 Å². The van der Waals surface area contributed by atoms with Gasteiger partial charge in [-0.1, -0.05) is 13.8 Å². The highest BCUT2D eigenvalue weighted by Gasteiger charge is 2.31. The van der Waals surface area contributed by atoms with Crippen LogP contribution in [0.2, 0.25) is 0 Å². The number of hydrogen-bond donors (Lipinski definition) is 2. The van der Waals surface area contributed by atoms with Crippen LogP contribution in [0, 0.1) is 13.8 Å². The largest absolute Gasteiger partial charge is 0.388 e. The van der Waals surface area contributed by atoms with Crippen molar-refractivity contribution >= 4 is 10.0 Å². The molecule has 0 saturated heterocycles. The predicted molar refractivity (Wildman–Crippen MR) is 87.3 cm³/mol. The number of nitrogens with one attached hydrogen (secondary N) is 1. The van der Waals surface area contributed by atoms with E-state index < -0.39 is 21.2 Å². The van der Waals surface area contributed by atoms with Crippen LogP contribution in [0.25, 0.3) is 0 Å². The Hall–Kier alpha value is -0.920. The molecule has 0 spiro atoms. The summed E-state index contributed by atoms with van der Waals surface area (Å²) in [7, 11) is -3.64. The summed E-state index contributed by atoms with van der Waals surface area (Å²) < 4.78 is 29.4. The zero-order valence-corrected chi connectivity index (χ0v) is 15.5. The SMILES string of the molecule is CCC(O)(CC)Cn1nc(C)c(S(=O)(=O)NC(C)(C)C)c1C. The van der Waals surface area contributed by atoms with Crippen LogP contribution in [0.15, 0.2) is 4.90 Å². The molecule has 0 aliphatic rings. The normalized spacial score (nSPS) is 13.6. The van der Waals surface area contributed by atoms with Gasteiger partial charge >= 0.3 is 0 Å². The quantitative estimate of drug-likeness (QED) is 0.836. The Kier molecular flexibility index (Phi) is 5.47. The van der Waals surface area contributed by atoms with Gasteiger partial charge in [-0.25, -0.2) is 13.1 Å². The maximum absolute atomic E-state index is 12.6. The number of aryl methyl sites for hydroxylation is 1. The zero-order valence-electron chi connectivity index (χ0n) is 14.7. The van der Waals surface area contributed by atoms with Crippen molar-refractivity contribution in [1.29, 1.82) is 0 Å². The van der Waals surface area contributed by atoms with Gasteiger partial charge in [0.2, 0.25) is 10.0 Å². The minimum Gasteiger partial charge on any atom is -0.388 e. The molecule has 0 fully saturated rings. The molecule has 0 aromatic carbocycles. The van der Waals surface area contributed by atoms with E-state index in [1.807, 2.05) is 13.8 Å². The molecule has 0 aliphatic carbocycles. The van der Waals surface area contributed by atoms with Gasteiger partial charge in [0, 0.05) is 5.54 Å². The van der Waals surface area contributed by atoms with Crippen LogP contribution in [0.3, 0.4) is 0 Å². The van der Waals surface area contributed by atoms with E-state index in [4.69, 9.17) is 0 Å². The molecule has 0 radical (unpaired) electrons. The number of hydrogen-bond acceptors (Lipinski definition) is 4. The zero-order chi connectivity index (χ0) is 17.3. The number of aromatic nitrogens is 2. The van der Waals surface area contributed by atoms with E-state index in [2.05, 4.69) is 9.82 Å². The van der Waals surface area contributed by atoms with E-state index in [0.29, 0.717) is 24.2 Å². The molecule has 6 nitrogen and oxygen atoms in total. The van der Waals surface area contributed by atoms with Crippen LogP contribution < -0.4 is 4.72 Å². The van der Waals surface area contributed by atoms with Gasteiger partial charge in [0.05, 0.1) is 23.5 Å². The van der Waals surface area contributed by atoms with Gasteiger partial charge in [0.25, 0.3) is 0 Å². The van der Waals surface area contributed by atoms with Crippen molar-refractivity contribution in [3.05, 3.63) is 11.4 Å². The third-order valence-electron chi connectivity index (χ3n) is 3.78. The van der Waals surface area contributed by atoms with Crippen molar-refractivity contribution < 1.29 is 13.5 Å². The Morgan fingerprint density at radius 2 is 1.68 bits per heavy atom. The molecule has 0 bridgehead atoms. The second kappa shape index (κ2) is 6.29. The summed E-state index contributed by atoms with van der Waals surface area (Å²) in [6.07, 6.45) is 1.17. The van der Waals surface area contributed by atoms with Crippen LogP contribution in [0.5, 0.6) is 0 Å². The van der Waals surface area contributed by atoms with Gasteiger partial charge in [-0.3, -0.25) is 4.68 Å². The maximum atomic E-state index is 12.6. The standard InChI is InChI=1S/C15H29N3O3S/c1-8-15(19,9-2)10-18-12(4)13(11(3)16-18)22(20,21)17-14(5,6)7/h17,19H,8-10H2,1-7H3. The average molecular weight is 331 g/mol. The van der Waals surface area contributed by atoms with E-state index in [-0.39, 0.29) is 11.4 Å². The van der Waals surface area contributed by atoms with E-state index in [0.717, 1.165) is 0 Å². The summed E-state index contributed by atoms with van der Waals surface area (Å²) in [5.41, 5.74) is -0.437. The first-order chi connectivity index (χ1) is 9.85. The second-order valence-electron chi connectivity index (χ2n) is 6.94. The number of aliphatic hydroxyl groups is 1. The lowest BCUT2D eigenvalue weighted by Gasteiger charge is -2.25. The average Bonchev–Trinajstić information content (AvgIpc) is 2.61. The smallest absolute Gasteiger partial charge is 0.244 e. The van der Waals surface area contributed by atoms with Crippen molar-refractivity contribution in [1.82, 2.24) is 14.5 Å². The molecule has 128 valence electrons. The lowest BCUT2D eigenvalue weighted by molar-refractivity contribution is 0.0112. The van der Waals surface area contributed by atoms with Crippen molar-refractivity contribution in [3.63, 3.8) is 0 Å². The third-order valence-corrected chi connectivity index (χ3v) is 5.79. The van der Waals surface area contributed by atoms with Gasteiger partial charge in [0.15, 0.2) is 0 Å². The Bertz CT molecular complexity index is 623. The first-order valence-corrected chi connectivity index (χ1v) is 9.14. The van der Waals surface area contributed by atoms with Gasteiger partial charge in [-0.15, -0.1) is 0 Å². The minimum atomic E-state index is -3.64. The molecule has 7 heteroatoms. The highest BCUT2D eigenvalue weighted by Crippen LogP contribution is 2.24. The Balaban J connectivity index is 3.27. The van der Waals surface area contributed by atoms with Crippen molar-refractivity contribution in [2.75, 3.05) is 0 Å². The molecule has 2 N–H and O–H groups in total. The lowest BCUT2D eigenvalue weighted by Crippen LogP contribution is -2.41. The molecule has 0 atom stereocenters. The Labute approximate surface area is 134 Å². The molecular formula is C15H29N3O3S. The fraction of sp³-hybridized carbons (Fsp3) is 0.800. The molecule has 1 aromatic rings. The summed E-state index contributed by atoms with van der Waals surface area (Å²) in [5, 5.41) is 14.8. The fourth-order valence-electron chi connectivity index (χ4n) is 2.43. The van der Waals surface area contributed by atoms with Crippen molar-refractivity contribution in [2.45, 2.75) is 83.9 Å². The van der Waals surface area contributed by atoms with E-state index in [9.17, 15) is 13.5 Å². The molecular weight excluding hydrogens is 302 g/mol. The van der Waals surface area contributed by atoms with E-state index in [1.54, 1.807) is 39.3 Å². The first-order valence-electron chi connectivity index (χ1n) is 7.65. The monoisotopic (exact) mass is 331 g/mol. The summed E-state index contributed by atoms with van der Waals surface area (Å²) >= 11 is 0. The maximum Gasteiger partial charge on any atom is 0.244 e. The van der Waals surface area contributed by atoms with Crippen LogP contribution in [0.4, 0.5) is 0 Å². The topological polar surface area (TPSA) is 84.2 Å². The van der Waals surface area contributed by atoms with Crippen molar-refractivity contribution in [3.8, 4) is 0 Å². The third kappa shape index (κ3) is 4.30.